The number of carbonyl (C=O) groups is 3. The number of barbiturate groups is 1. The lowest BCUT2D eigenvalue weighted by Crippen LogP contribution is -2.54. The quantitative estimate of drug-likeness (QED) is 0.415. The monoisotopic (exact) mass is 467 g/mol. The van der Waals surface area contributed by atoms with Crippen LogP contribution in [-0.2, 0) is 9.59 Å². The van der Waals surface area contributed by atoms with Gasteiger partial charge in [-0.1, -0.05) is 29.3 Å². The fourth-order valence-corrected chi connectivity index (χ4v) is 3.99. The number of nitrogens with one attached hydrogen (secondary N) is 1. The normalized spacial score (nSPS) is 15.5. The van der Waals surface area contributed by atoms with Gasteiger partial charge in [-0.05, 0) is 80.4 Å². The van der Waals surface area contributed by atoms with Gasteiger partial charge in [-0.2, -0.15) is 0 Å². The minimum absolute atomic E-state index is 0.141. The number of benzene rings is 2. The summed E-state index contributed by atoms with van der Waals surface area (Å²) in [5.41, 5.74) is 4.29. The van der Waals surface area contributed by atoms with Crippen LogP contribution in [0.2, 0.25) is 10.0 Å². The highest BCUT2D eigenvalue weighted by Crippen LogP contribution is 2.28. The molecule has 4 amide bonds. The van der Waals surface area contributed by atoms with Gasteiger partial charge in [0.25, 0.3) is 11.8 Å². The lowest BCUT2D eigenvalue weighted by Gasteiger charge is -2.26. The van der Waals surface area contributed by atoms with E-state index in [4.69, 9.17) is 23.2 Å². The molecule has 0 spiro atoms. The van der Waals surface area contributed by atoms with E-state index in [0.717, 1.165) is 27.5 Å². The summed E-state index contributed by atoms with van der Waals surface area (Å²) in [5.74, 6) is -1.46. The van der Waals surface area contributed by atoms with E-state index in [1.54, 1.807) is 24.3 Å². The second-order valence-corrected chi connectivity index (χ2v) is 8.37. The Morgan fingerprint density at radius 1 is 0.875 bits per heavy atom. The molecule has 3 aromatic rings. The molecule has 1 saturated heterocycles. The van der Waals surface area contributed by atoms with Crippen LogP contribution in [0.25, 0.3) is 11.8 Å². The highest BCUT2D eigenvalue weighted by molar-refractivity contribution is 6.39. The third-order valence-electron chi connectivity index (χ3n) is 5.37. The van der Waals surface area contributed by atoms with Crippen molar-refractivity contribution in [3.8, 4) is 5.69 Å². The van der Waals surface area contributed by atoms with Gasteiger partial charge >= 0.3 is 6.03 Å². The maximum atomic E-state index is 13.2. The number of urea groups is 1. The van der Waals surface area contributed by atoms with Gasteiger partial charge in [0.2, 0.25) is 0 Å². The summed E-state index contributed by atoms with van der Waals surface area (Å²) in [6, 6.07) is 13.3. The van der Waals surface area contributed by atoms with Gasteiger partial charge in [-0.15, -0.1) is 0 Å². The summed E-state index contributed by atoms with van der Waals surface area (Å²) < 4.78 is 2.00. The largest absolute Gasteiger partial charge is 0.335 e. The molecular weight excluding hydrogens is 449 g/mol. The van der Waals surface area contributed by atoms with Gasteiger partial charge in [0.15, 0.2) is 0 Å². The molecule has 2 heterocycles. The van der Waals surface area contributed by atoms with Crippen LogP contribution in [0.3, 0.4) is 0 Å². The maximum absolute atomic E-state index is 13.2. The average Bonchev–Trinajstić information content (AvgIpc) is 3.01. The number of halogens is 2. The fourth-order valence-electron chi connectivity index (χ4n) is 3.69. The van der Waals surface area contributed by atoms with E-state index in [1.807, 2.05) is 43.5 Å². The first-order chi connectivity index (χ1) is 15.2. The van der Waals surface area contributed by atoms with Gasteiger partial charge in [0.05, 0.1) is 5.69 Å². The fraction of sp³-hybridized carbons (Fsp3) is 0.125. The molecule has 1 aromatic heterocycles. The van der Waals surface area contributed by atoms with Crippen molar-refractivity contribution in [1.82, 2.24) is 9.88 Å². The Labute approximate surface area is 195 Å². The Morgan fingerprint density at radius 3 is 2.19 bits per heavy atom. The van der Waals surface area contributed by atoms with Crippen molar-refractivity contribution in [2.45, 2.75) is 20.8 Å². The van der Waals surface area contributed by atoms with Crippen molar-refractivity contribution in [2.24, 2.45) is 0 Å². The van der Waals surface area contributed by atoms with Crippen molar-refractivity contribution in [2.75, 3.05) is 4.90 Å². The summed E-state index contributed by atoms with van der Waals surface area (Å²) >= 11 is 12.2. The SMILES string of the molecule is Cc1ccc(N2C(=O)NC(=O)C(=Cc3cc(C)n(-c4ccc(Cl)cc4)c3C)C2=O)cc1Cl. The van der Waals surface area contributed by atoms with Crippen LogP contribution >= 0.6 is 23.2 Å². The third kappa shape index (κ3) is 3.83. The highest BCUT2D eigenvalue weighted by Gasteiger charge is 2.37. The second kappa shape index (κ2) is 8.30. The number of rotatable bonds is 3. The molecule has 1 fully saturated rings. The molecule has 1 N–H and O–H groups in total. The minimum Gasteiger partial charge on any atom is -0.318 e. The Balaban J connectivity index is 1.76. The first-order valence-corrected chi connectivity index (χ1v) is 10.6. The molecule has 1 aliphatic rings. The third-order valence-corrected chi connectivity index (χ3v) is 6.03. The van der Waals surface area contributed by atoms with Gasteiger partial charge in [0.1, 0.15) is 5.57 Å². The summed E-state index contributed by atoms with van der Waals surface area (Å²) in [7, 11) is 0. The predicted molar refractivity (Wildman–Crippen MR) is 125 cm³/mol. The van der Waals surface area contributed by atoms with Crippen LogP contribution in [0, 0.1) is 20.8 Å². The highest BCUT2D eigenvalue weighted by atomic mass is 35.5. The topological polar surface area (TPSA) is 71.4 Å². The second-order valence-electron chi connectivity index (χ2n) is 7.53. The number of carbonyl (C=O) groups excluding carboxylic acids is 3. The number of imide groups is 2. The minimum atomic E-state index is -0.816. The van der Waals surface area contributed by atoms with Gasteiger partial charge in [-0.25, -0.2) is 9.69 Å². The molecule has 162 valence electrons. The molecule has 0 saturated carbocycles. The van der Waals surface area contributed by atoms with Crippen LogP contribution in [-0.4, -0.2) is 22.4 Å². The van der Waals surface area contributed by atoms with E-state index < -0.39 is 17.8 Å². The number of hydrogen-bond donors (Lipinski definition) is 1. The van der Waals surface area contributed by atoms with Crippen molar-refractivity contribution in [1.29, 1.82) is 0 Å². The molecule has 0 atom stereocenters. The molecule has 0 radical (unpaired) electrons. The van der Waals surface area contributed by atoms with E-state index in [2.05, 4.69) is 5.32 Å². The molecule has 0 unspecified atom stereocenters. The van der Waals surface area contributed by atoms with Crippen LogP contribution in [0.4, 0.5) is 10.5 Å². The zero-order chi connectivity index (χ0) is 23.2. The molecule has 4 rings (SSSR count). The van der Waals surface area contributed by atoms with Crippen LogP contribution in [0.15, 0.2) is 54.1 Å². The van der Waals surface area contributed by atoms with Crippen molar-refractivity contribution >= 4 is 52.8 Å². The lowest BCUT2D eigenvalue weighted by molar-refractivity contribution is -0.122. The standard InChI is InChI=1S/C24H19Cl2N3O3/c1-13-4-7-19(12-21(13)26)29-23(31)20(22(30)27-24(29)32)11-16-10-14(2)28(15(16)3)18-8-5-17(25)6-9-18/h4-12H,1-3H3,(H,27,30,32). The smallest absolute Gasteiger partial charge is 0.318 e. The molecule has 2 aromatic carbocycles. The van der Waals surface area contributed by atoms with E-state index in [-0.39, 0.29) is 11.3 Å². The summed E-state index contributed by atoms with van der Waals surface area (Å²) in [4.78, 5) is 39.1. The molecule has 1 aliphatic heterocycles. The number of amides is 4. The summed E-state index contributed by atoms with van der Waals surface area (Å²) in [6.45, 7) is 5.63. The molecule has 0 aliphatic carbocycles. The molecule has 6 nitrogen and oxygen atoms in total. The molecular formula is C24H19Cl2N3O3. The van der Waals surface area contributed by atoms with Crippen molar-refractivity contribution in [3.05, 3.63) is 86.7 Å². The average molecular weight is 468 g/mol. The van der Waals surface area contributed by atoms with E-state index in [0.29, 0.717) is 15.6 Å². The molecule has 0 bridgehead atoms. The Bertz CT molecular complexity index is 1310. The summed E-state index contributed by atoms with van der Waals surface area (Å²) in [5, 5.41) is 3.28. The lowest BCUT2D eigenvalue weighted by atomic mass is 10.1. The zero-order valence-corrected chi connectivity index (χ0v) is 19.1. The van der Waals surface area contributed by atoms with E-state index in [1.165, 1.54) is 12.1 Å². The first-order valence-electron chi connectivity index (χ1n) is 9.80. The summed E-state index contributed by atoms with van der Waals surface area (Å²) in [6.07, 6.45) is 1.50. The number of anilines is 1. The first kappa shape index (κ1) is 21.9. The van der Waals surface area contributed by atoms with Crippen LogP contribution in [0.1, 0.15) is 22.5 Å². The van der Waals surface area contributed by atoms with Gasteiger partial charge in [0, 0.05) is 27.1 Å². The van der Waals surface area contributed by atoms with E-state index in [9.17, 15) is 14.4 Å². The van der Waals surface area contributed by atoms with Crippen LogP contribution in [0.5, 0.6) is 0 Å². The Morgan fingerprint density at radius 2 is 1.53 bits per heavy atom. The Kier molecular flexibility index (Phi) is 5.67. The zero-order valence-electron chi connectivity index (χ0n) is 17.6. The predicted octanol–water partition coefficient (Wildman–Crippen LogP) is 5.38. The number of aromatic nitrogens is 1. The number of nitrogens with zero attached hydrogens (tertiary/aromatic N) is 2. The van der Waals surface area contributed by atoms with Gasteiger partial charge in [-0.3, -0.25) is 14.9 Å². The molecule has 8 heteroatoms. The van der Waals surface area contributed by atoms with Crippen molar-refractivity contribution in [3.63, 3.8) is 0 Å². The number of hydrogen-bond acceptors (Lipinski definition) is 3. The maximum Gasteiger partial charge on any atom is 0.335 e. The molecule has 32 heavy (non-hydrogen) atoms. The van der Waals surface area contributed by atoms with Crippen LogP contribution < -0.4 is 10.2 Å². The Hall–Kier alpha value is -3.35. The van der Waals surface area contributed by atoms with Gasteiger partial charge < -0.3 is 4.57 Å². The number of aryl methyl sites for hydroxylation is 2. The van der Waals surface area contributed by atoms with E-state index >= 15 is 0 Å². The van der Waals surface area contributed by atoms with Crippen molar-refractivity contribution < 1.29 is 14.4 Å².